The summed E-state index contributed by atoms with van der Waals surface area (Å²) in [5.41, 5.74) is 6.07. The van der Waals surface area contributed by atoms with Gasteiger partial charge < -0.3 is 10.5 Å². The molecule has 0 aromatic carbocycles. The zero-order chi connectivity index (χ0) is 10.4. The van der Waals surface area contributed by atoms with Crippen LogP contribution in [0, 0.1) is 0 Å². The molecule has 2 atom stereocenters. The molecule has 0 radical (unpaired) electrons. The van der Waals surface area contributed by atoms with Crippen molar-refractivity contribution >= 4 is 0 Å². The van der Waals surface area contributed by atoms with Crippen LogP contribution in [0.25, 0.3) is 0 Å². The lowest BCUT2D eigenvalue weighted by Gasteiger charge is -2.35. The maximum Gasteiger partial charge on any atom is 0.0853 e. The lowest BCUT2D eigenvalue weighted by atomic mass is 10.1. The van der Waals surface area contributed by atoms with Crippen molar-refractivity contribution in [3.8, 4) is 0 Å². The Bertz CT molecular complexity index is 146. The molecule has 3 heteroatoms. The van der Waals surface area contributed by atoms with Crippen LogP contribution in [0.15, 0.2) is 0 Å². The second-order valence-corrected chi connectivity index (χ2v) is 4.16. The first kappa shape index (κ1) is 12.0. The van der Waals surface area contributed by atoms with Gasteiger partial charge >= 0.3 is 0 Å². The van der Waals surface area contributed by atoms with Gasteiger partial charge in [-0.1, -0.05) is 20.3 Å². The summed E-state index contributed by atoms with van der Waals surface area (Å²) < 4.78 is 5.70. The van der Waals surface area contributed by atoms with Gasteiger partial charge in [-0.25, -0.2) is 0 Å². The lowest BCUT2D eigenvalue weighted by molar-refractivity contribution is -0.0413. The normalized spacial score (nSPS) is 26.4. The molecule has 14 heavy (non-hydrogen) atoms. The minimum atomic E-state index is 0.222. The van der Waals surface area contributed by atoms with Crippen LogP contribution in [-0.4, -0.2) is 43.3 Å². The van der Waals surface area contributed by atoms with E-state index in [0.717, 1.165) is 32.5 Å². The van der Waals surface area contributed by atoms with Gasteiger partial charge in [0.05, 0.1) is 12.7 Å². The predicted octanol–water partition coefficient (Wildman–Crippen LogP) is 1.22. The van der Waals surface area contributed by atoms with Crippen molar-refractivity contribution in [2.24, 2.45) is 5.73 Å². The Labute approximate surface area is 87.6 Å². The molecule has 0 aliphatic carbocycles. The quantitative estimate of drug-likeness (QED) is 0.725. The highest BCUT2D eigenvalue weighted by molar-refractivity contribution is 4.80. The number of hydrogen-bond donors (Lipinski definition) is 1. The van der Waals surface area contributed by atoms with E-state index in [1.807, 2.05) is 0 Å². The van der Waals surface area contributed by atoms with Crippen LogP contribution in [0.3, 0.4) is 0 Å². The summed E-state index contributed by atoms with van der Waals surface area (Å²) >= 11 is 0. The largest absolute Gasteiger partial charge is 0.374 e. The number of nitrogens with two attached hydrogens (primary N) is 1. The first-order valence-corrected chi connectivity index (χ1v) is 5.87. The predicted molar refractivity (Wildman–Crippen MR) is 59.4 cm³/mol. The van der Waals surface area contributed by atoms with E-state index < -0.39 is 0 Å². The van der Waals surface area contributed by atoms with Gasteiger partial charge in [0.1, 0.15) is 0 Å². The van der Waals surface area contributed by atoms with Crippen LogP contribution in [0.2, 0.25) is 0 Å². The third kappa shape index (κ3) is 3.56. The van der Waals surface area contributed by atoms with Gasteiger partial charge in [0.15, 0.2) is 0 Å². The van der Waals surface area contributed by atoms with Gasteiger partial charge in [-0.15, -0.1) is 0 Å². The van der Waals surface area contributed by atoms with Crippen molar-refractivity contribution in [1.29, 1.82) is 0 Å². The zero-order valence-electron chi connectivity index (χ0n) is 9.54. The molecule has 1 saturated heterocycles. The average molecular weight is 200 g/mol. The highest BCUT2D eigenvalue weighted by Crippen LogP contribution is 2.11. The Morgan fingerprint density at radius 1 is 1.43 bits per heavy atom. The summed E-state index contributed by atoms with van der Waals surface area (Å²) in [6.07, 6.45) is 3.70. The van der Waals surface area contributed by atoms with E-state index in [-0.39, 0.29) is 12.1 Å². The summed E-state index contributed by atoms with van der Waals surface area (Å²) in [5, 5.41) is 0. The molecule has 0 aromatic rings. The second kappa shape index (κ2) is 6.38. The fourth-order valence-corrected chi connectivity index (χ4v) is 2.03. The molecule has 2 N–H and O–H groups in total. The fourth-order valence-electron chi connectivity index (χ4n) is 2.03. The SMILES string of the molecule is CCC[C@@H](N)C1CN(CCC)CCO1. The molecular formula is C11H24N2O. The molecule has 1 fully saturated rings. The van der Waals surface area contributed by atoms with Crippen LogP contribution in [0.1, 0.15) is 33.1 Å². The van der Waals surface area contributed by atoms with Crippen LogP contribution < -0.4 is 5.73 Å². The van der Waals surface area contributed by atoms with Crippen molar-refractivity contribution in [3.63, 3.8) is 0 Å². The fraction of sp³-hybridized carbons (Fsp3) is 1.00. The van der Waals surface area contributed by atoms with Crippen molar-refractivity contribution < 1.29 is 4.74 Å². The van der Waals surface area contributed by atoms with Gasteiger partial charge in [0.25, 0.3) is 0 Å². The first-order chi connectivity index (χ1) is 6.77. The number of rotatable bonds is 5. The number of hydrogen-bond acceptors (Lipinski definition) is 3. The summed E-state index contributed by atoms with van der Waals surface area (Å²) in [6, 6.07) is 0.222. The van der Waals surface area contributed by atoms with Crippen molar-refractivity contribution in [2.75, 3.05) is 26.2 Å². The maximum absolute atomic E-state index is 6.07. The van der Waals surface area contributed by atoms with E-state index in [4.69, 9.17) is 10.5 Å². The molecular weight excluding hydrogens is 176 g/mol. The number of nitrogens with zero attached hydrogens (tertiary/aromatic N) is 1. The monoisotopic (exact) mass is 200 g/mol. The molecule has 1 heterocycles. The molecule has 0 saturated carbocycles. The third-order valence-corrected chi connectivity index (χ3v) is 2.82. The van der Waals surface area contributed by atoms with Crippen molar-refractivity contribution in [2.45, 2.75) is 45.3 Å². The van der Waals surface area contributed by atoms with E-state index in [1.54, 1.807) is 0 Å². The van der Waals surface area contributed by atoms with Crippen molar-refractivity contribution in [1.82, 2.24) is 4.90 Å². The highest BCUT2D eigenvalue weighted by atomic mass is 16.5. The minimum absolute atomic E-state index is 0.222. The van der Waals surface area contributed by atoms with Gasteiger partial charge in [-0.3, -0.25) is 4.90 Å². The molecule has 0 spiro atoms. The standard InChI is InChI=1S/C11H24N2O/c1-3-5-10(12)11-9-13(6-4-2)7-8-14-11/h10-11H,3-9,12H2,1-2H3/t10-,11?/m1/s1. The average Bonchev–Trinajstić information content (AvgIpc) is 2.19. The molecule has 1 unspecified atom stereocenters. The summed E-state index contributed by atoms with van der Waals surface area (Å²) in [7, 11) is 0. The molecule has 0 amide bonds. The summed E-state index contributed by atoms with van der Waals surface area (Å²) in [5.74, 6) is 0. The molecule has 0 aromatic heterocycles. The molecule has 0 bridgehead atoms. The molecule has 84 valence electrons. The Morgan fingerprint density at radius 2 is 2.21 bits per heavy atom. The molecule has 3 nitrogen and oxygen atoms in total. The van der Waals surface area contributed by atoms with E-state index in [1.165, 1.54) is 13.0 Å². The molecule has 1 aliphatic rings. The Balaban J connectivity index is 2.31. The minimum Gasteiger partial charge on any atom is -0.374 e. The number of ether oxygens (including phenoxy) is 1. The lowest BCUT2D eigenvalue weighted by Crippen LogP contribution is -2.50. The van der Waals surface area contributed by atoms with Gasteiger partial charge in [0.2, 0.25) is 0 Å². The van der Waals surface area contributed by atoms with E-state index in [2.05, 4.69) is 18.7 Å². The van der Waals surface area contributed by atoms with E-state index in [0.29, 0.717) is 0 Å². The summed E-state index contributed by atoms with van der Waals surface area (Å²) in [4.78, 5) is 2.46. The van der Waals surface area contributed by atoms with Crippen LogP contribution in [0.5, 0.6) is 0 Å². The van der Waals surface area contributed by atoms with Crippen LogP contribution in [-0.2, 0) is 4.74 Å². The second-order valence-electron chi connectivity index (χ2n) is 4.16. The van der Waals surface area contributed by atoms with E-state index >= 15 is 0 Å². The van der Waals surface area contributed by atoms with E-state index in [9.17, 15) is 0 Å². The van der Waals surface area contributed by atoms with Gasteiger partial charge in [0, 0.05) is 19.1 Å². The zero-order valence-corrected chi connectivity index (χ0v) is 9.54. The molecule has 1 aliphatic heterocycles. The third-order valence-electron chi connectivity index (χ3n) is 2.82. The van der Waals surface area contributed by atoms with Gasteiger partial charge in [-0.2, -0.15) is 0 Å². The topological polar surface area (TPSA) is 38.5 Å². The maximum atomic E-state index is 6.07. The Kier molecular flexibility index (Phi) is 5.45. The Morgan fingerprint density at radius 3 is 2.86 bits per heavy atom. The van der Waals surface area contributed by atoms with Crippen molar-refractivity contribution in [3.05, 3.63) is 0 Å². The first-order valence-electron chi connectivity index (χ1n) is 5.87. The summed E-state index contributed by atoms with van der Waals surface area (Å²) in [6.45, 7) is 8.52. The van der Waals surface area contributed by atoms with Crippen LogP contribution >= 0.6 is 0 Å². The van der Waals surface area contributed by atoms with Crippen LogP contribution in [0.4, 0.5) is 0 Å². The van der Waals surface area contributed by atoms with Gasteiger partial charge in [-0.05, 0) is 19.4 Å². The smallest absolute Gasteiger partial charge is 0.0853 e. The highest BCUT2D eigenvalue weighted by Gasteiger charge is 2.24. The molecule has 1 rings (SSSR count). The number of morpholine rings is 1. The Hall–Kier alpha value is -0.120.